The fraction of sp³-hybridized carbons (Fsp3) is 0.462. The van der Waals surface area contributed by atoms with Crippen molar-refractivity contribution in [2.45, 2.75) is 30.7 Å². The number of hydrogen-bond acceptors (Lipinski definition) is 4. The van der Waals surface area contributed by atoms with Gasteiger partial charge in [-0.2, -0.15) is 5.26 Å². The normalized spacial score (nSPS) is 12.9. The lowest BCUT2D eigenvalue weighted by Gasteiger charge is -2.17. The van der Waals surface area contributed by atoms with Crippen molar-refractivity contribution < 1.29 is 13.2 Å². The summed E-state index contributed by atoms with van der Waals surface area (Å²) in [5.41, 5.74) is 0.431. The van der Waals surface area contributed by atoms with E-state index in [1.165, 1.54) is 24.3 Å². The van der Waals surface area contributed by atoms with Gasteiger partial charge in [-0.1, -0.05) is 13.3 Å². The monoisotopic (exact) mass is 282 g/mol. The van der Waals surface area contributed by atoms with Crippen LogP contribution >= 0.6 is 0 Å². The van der Waals surface area contributed by atoms with Gasteiger partial charge in [0.2, 0.25) is 10.0 Å². The summed E-state index contributed by atoms with van der Waals surface area (Å²) in [6, 6.07) is 7.54. The zero-order valence-electron chi connectivity index (χ0n) is 11.1. The molecule has 19 heavy (non-hydrogen) atoms. The van der Waals surface area contributed by atoms with E-state index in [9.17, 15) is 8.42 Å². The summed E-state index contributed by atoms with van der Waals surface area (Å²) in [5.74, 6) is 0. The summed E-state index contributed by atoms with van der Waals surface area (Å²) in [4.78, 5) is 0.156. The lowest BCUT2D eigenvalue weighted by atomic mass is 10.2. The van der Waals surface area contributed by atoms with Crippen LogP contribution in [0.2, 0.25) is 0 Å². The third kappa shape index (κ3) is 4.63. The van der Waals surface area contributed by atoms with E-state index >= 15 is 0 Å². The minimum atomic E-state index is -3.57. The Bertz CT molecular complexity index is 526. The molecule has 0 spiro atoms. The molecule has 0 aliphatic heterocycles. The van der Waals surface area contributed by atoms with Crippen LogP contribution in [-0.2, 0) is 14.8 Å². The van der Waals surface area contributed by atoms with Gasteiger partial charge in [0, 0.05) is 13.2 Å². The number of nitriles is 1. The number of methoxy groups -OCH3 is 1. The van der Waals surface area contributed by atoms with E-state index in [4.69, 9.17) is 10.00 Å². The molecule has 6 heteroatoms. The smallest absolute Gasteiger partial charge is 0.240 e. The number of sulfonamides is 1. The van der Waals surface area contributed by atoms with E-state index in [0.29, 0.717) is 18.6 Å². The minimum Gasteiger partial charge on any atom is -0.383 e. The molecule has 104 valence electrons. The first-order chi connectivity index (χ1) is 9.03. The van der Waals surface area contributed by atoms with Crippen molar-refractivity contribution in [1.29, 1.82) is 5.26 Å². The van der Waals surface area contributed by atoms with Crippen LogP contribution in [0, 0.1) is 11.3 Å². The summed E-state index contributed by atoms with van der Waals surface area (Å²) >= 11 is 0. The molecule has 0 radical (unpaired) electrons. The van der Waals surface area contributed by atoms with Gasteiger partial charge in [-0.05, 0) is 30.7 Å². The third-order valence-electron chi connectivity index (χ3n) is 2.62. The van der Waals surface area contributed by atoms with E-state index < -0.39 is 10.0 Å². The van der Waals surface area contributed by atoms with Crippen LogP contribution in [0.1, 0.15) is 25.3 Å². The average molecular weight is 282 g/mol. The zero-order chi connectivity index (χ0) is 14.3. The van der Waals surface area contributed by atoms with Crippen LogP contribution < -0.4 is 4.72 Å². The van der Waals surface area contributed by atoms with E-state index in [-0.39, 0.29) is 10.9 Å². The van der Waals surface area contributed by atoms with Crippen molar-refractivity contribution in [3.63, 3.8) is 0 Å². The molecule has 0 aliphatic carbocycles. The van der Waals surface area contributed by atoms with Gasteiger partial charge >= 0.3 is 0 Å². The summed E-state index contributed by atoms with van der Waals surface area (Å²) < 4.78 is 31.9. The van der Waals surface area contributed by atoms with Crippen LogP contribution in [-0.4, -0.2) is 28.2 Å². The Balaban J connectivity index is 2.86. The number of rotatable bonds is 7. The quantitative estimate of drug-likeness (QED) is 0.824. The molecule has 0 saturated carbocycles. The van der Waals surface area contributed by atoms with Crippen molar-refractivity contribution in [3.8, 4) is 6.07 Å². The highest BCUT2D eigenvalue weighted by molar-refractivity contribution is 7.89. The Labute approximate surface area is 114 Å². The Morgan fingerprint density at radius 3 is 2.47 bits per heavy atom. The van der Waals surface area contributed by atoms with Crippen molar-refractivity contribution in [2.75, 3.05) is 13.7 Å². The summed E-state index contributed by atoms with van der Waals surface area (Å²) in [5, 5.41) is 8.69. The summed E-state index contributed by atoms with van der Waals surface area (Å²) in [7, 11) is -2.03. The second-order valence-corrected chi connectivity index (χ2v) is 5.91. The standard InChI is InChI=1S/C13H18N2O3S/c1-3-4-12(10-18-2)15-19(16,17)13-7-5-11(9-14)6-8-13/h5-8,12,15H,3-4,10H2,1-2H3. The van der Waals surface area contributed by atoms with Crippen LogP contribution in [0.5, 0.6) is 0 Å². The Morgan fingerprint density at radius 1 is 1.37 bits per heavy atom. The Hall–Kier alpha value is -1.42. The van der Waals surface area contributed by atoms with E-state index in [0.717, 1.165) is 6.42 Å². The molecule has 0 fully saturated rings. The van der Waals surface area contributed by atoms with Gasteiger partial charge in [0.1, 0.15) is 0 Å². The maximum absolute atomic E-state index is 12.1. The van der Waals surface area contributed by atoms with Gasteiger partial charge in [-0.3, -0.25) is 0 Å². The molecule has 0 bridgehead atoms. The van der Waals surface area contributed by atoms with Gasteiger partial charge in [-0.15, -0.1) is 0 Å². The summed E-state index contributed by atoms with van der Waals surface area (Å²) in [6.07, 6.45) is 1.58. The van der Waals surface area contributed by atoms with Gasteiger partial charge < -0.3 is 4.74 Å². The fourth-order valence-corrected chi connectivity index (χ4v) is 2.98. The van der Waals surface area contributed by atoms with Crippen LogP contribution in [0.3, 0.4) is 0 Å². The molecule has 1 aromatic carbocycles. The maximum Gasteiger partial charge on any atom is 0.240 e. The third-order valence-corrected chi connectivity index (χ3v) is 4.16. The number of hydrogen-bond donors (Lipinski definition) is 1. The minimum absolute atomic E-state index is 0.156. The summed E-state index contributed by atoms with van der Waals surface area (Å²) in [6.45, 7) is 2.32. The highest BCUT2D eigenvalue weighted by Gasteiger charge is 2.19. The highest BCUT2D eigenvalue weighted by Crippen LogP contribution is 2.12. The molecule has 1 rings (SSSR count). The molecule has 1 N–H and O–H groups in total. The fourth-order valence-electron chi connectivity index (χ4n) is 1.72. The number of nitrogens with zero attached hydrogens (tertiary/aromatic N) is 1. The number of ether oxygens (including phenoxy) is 1. The molecular formula is C13H18N2O3S. The molecule has 0 heterocycles. The highest BCUT2D eigenvalue weighted by atomic mass is 32.2. The first-order valence-corrected chi connectivity index (χ1v) is 7.53. The van der Waals surface area contributed by atoms with Crippen LogP contribution in [0.4, 0.5) is 0 Å². The molecule has 1 atom stereocenters. The predicted octanol–water partition coefficient (Wildman–Crippen LogP) is 1.65. The second kappa shape index (κ2) is 7.24. The van der Waals surface area contributed by atoms with Gasteiger partial charge in [0.25, 0.3) is 0 Å². The topological polar surface area (TPSA) is 79.2 Å². The van der Waals surface area contributed by atoms with Crippen LogP contribution in [0.25, 0.3) is 0 Å². The zero-order valence-corrected chi connectivity index (χ0v) is 11.9. The van der Waals surface area contributed by atoms with E-state index in [1.807, 2.05) is 13.0 Å². The largest absolute Gasteiger partial charge is 0.383 e. The molecule has 0 saturated heterocycles. The van der Waals surface area contributed by atoms with Crippen molar-refractivity contribution in [2.24, 2.45) is 0 Å². The molecular weight excluding hydrogens is 264 g/mol. The Morgan fingerprint density at radius 2 is 2.00 bits per heavy atom. The van der Waals surface area contributed by atoms with Gasteiger partial charge in [0.15, 0.2) is 0 Å². The lowest BCUT2D eigenvalue weighted by Crippen LogP contribution is -2.37. The van der Waals surface area contributed by atoms with Crippen molar-refractivity contribution in [3.05, 3.63) is 29.8 Å². The van der Waals surface area contributed by atoms with Crippen molar-refractivity contribution in [1.82, 2.24) is 4.72 Å². The van der Waals surface area contributed by atoms with Crippen LogP contribution in [0.15, 0.2) is 29.2 Å². The SMILES string of the molecule is CCCC(COC)NS(=O)(=O)c1ccc(C#N)cc1. The average Bonchev–Trinajstić information content (AvgIpc) is 2.39. The molecule has 0 amide bonds. The molecule has 1 aromatic rings. The molecule has 5 nitrogen and oxygen atoms in total. The molecule has 1 unspecified atom stereocenters. The van der Waals surface area contributed by atoms with E-state index in [2.05, 4.69) is 4.72 Å². The maximum atomic E-state index is 12.1. The molecule has 0 aromatic heterocycles. The predicted molar refractivity (Wildman–Crippen MR) is 72.1 cm³/mol. The first kappa shape index (κ1) is 15.6. The number of nitrogens with one attached hydrogen (secondary N) is 1. The van der Waals surface area contributed by atoms with Gasteiger partial charge in [0.05, 0.1) is 23.1 Å². The first-order valence-electron chi connectivity index (χ1n) is 6.05. The lowest BCUT2D eigenvalue weighted by molar-refractivity contribution is 0.171. The number of benzene rings is 1. The van der Waals surface area contributed by atoms with E-state index in [1.54, 1.807) is 7.11 Å². The molecule has 0 aliphatic rings. The second-order valence-electron chi connectivity index (χ2n) is 4.20. The Kier molecular flexibility index (Phi) is 5.96. The van der Waals surface area contributed by atoms with Gasteiger partial charge in [-0.25, -0.2) is 13.1 Å². The van der Waals surface area contributed by atoms with Crippen molar-refractivity contribution >= 4 is 10.0 Å².